The third-order valence-corrected chi connectivity index (χ3v) is 3.95. The van der Waals surface area contributed by atoms with Gasteiger partial charge in [0.25, 0.3) is 0 Å². The molecule has 0 fully saturated rings. The van der Waals surface area contributed by atoms with E-state index in [1.807, 2.05) is 12.2 Å². The lowest BCUT2D eigenvalue weighted by Crippen LogP contribution is -2.37. The monoisotopic (exact) mass is 291 g/mol. The summed E-state index contributed by atoms with van der Waals surface area (Å²) in [5, 5.41) is 0. The van der Waals surface area contributed by atoms with Gasteiger partial charge in [-0.15, -0.1) is 6.58 Å². The fourth-order valence-corrected chi connectivity index (χ4v) is 2.81. The fraction of sp³-hybridized carbons (Fsp3) is 0.238. The number of rotatable bonds is 7. The van der Waals surface area contributed by atoms with Gasteiger partial charge in [0.2, 0.25) is 0 Å². The van der Waals surface area contributed by atoms with E-state index >= 15 is 0 Å². The van der Waals surface area contributed by atoms with Crippen LogP contribution in [0.1, 0.15) is 25.0 Å². The van der Waals surface area contributed by atoms with Gasteiger partial charge in [-0.05, 0) is 23.1 Å². The first-order valence-corrected chi connectivity index (χ1v) is 7.82. The molecule has 1 unspecified atom stereocenters. The third-order valence-electron chi connectivity index (χ3n) is 3.95. The summed E-state index contributed by atoms with van der Waals surface area (Å²) in [6.45, 7) is 13.4. The van der Waals surface area contributed by atoms with Crippen molar-refractivity contribution in [2.75, 3.05) is 4.90 Å². The molecule has 0 saturated heterocycles. The van der Waals surface area contributed by atoms with E-state index in [0.717, 1.165) is 12.1 Å². The SMILES string of the molecule is C=Cc1ccccc1N(Cc1ccccc1)C(C=C)C(C)C. The van der Waals surface area contributed by atoms with Gasteiger partial charge in [-0.2, -0.15) is 0 Å². The third kappa shape index (κ3) is 3.67. The molecule has 0 saturated carbocycles. The maximum Gasteiger partial charge on any atom is 0.0497 e. The first kappa shape index (κ1) is 16.1. The van der Waals surface area contributed by atoms with Crippen molar-refractivity contribution in [2.45, 2.75) is 26.4 Å². The summed E-state index contributed by atoms with van der Waals surface area (Å²) in [4.78, 5) is 2.42. The van der Waals surface area contributed by atoms with Crippen LogP contribution < -0.4 is 4.90 Å². The Labute approximate surface area is 134 Å². The Hall–Kier alpha value is -2.28. The van der Waals surface area contributed by atoms with Gasteiger partial charge in [0.15, 0.2) is 0 Å². The molecule has 0 radical (unpaired) electrons. The summed E-state index contributed by atoms with van der Waals surface area (Å²) in [5.74, 6) is 0.485. The average molecular weight is 291 g/mol. The van der Waals surface area contributed by atoms with Crippen molar-refractivity contribution in [2.24, 2.45) is 5.92 Å². The van der Waals surface area contributed by atoms with Crippen LogP contribution in [0.5, 0.6) is 0 Å². The number of hydrogen-bond acceptors (Lipinski definition) is 1. The van der Waals surface area contributed by atoms with E-state index in [1.54, 1.807) is 0 Å². The second kappa shape index (κ2) is 7.65. The quantitative estimate of drug-likeness (QED) is 0.605. The summed E-state index contributed by atoms with van der Waals surface area (Å²) in [7, 11) is 0. The topological polar surface area (TPSA) is 3.24 Å². The van der Waals surface area contributed by atoms with Gasteiger partial charge in [0, 0.05) is 18.3 Å². The number of nitrogens with zero attached hydrogens (tertiary/aromatic N) is 1. The zero-order chi connectivity index (χ0) is 15.9. The minimum absolute atomic E-state index is 0.279. The molecule has 2 rings (SSSR count). The Kier molecular flexibility index (Phi) is 5.60. The summed E-state index contributed by atoms with van der Waals surface area (Å²) in [6.07, 6.45) is 3.97. The largest absolute Gasteiger partial charge is 0.360 e. The lowest BCUT2D eigenvalue weighted by molar-refractivity contribution is 0.521. The standard InChI is InChI=1S/C21H25N/c1-5-19-14-10-11-15-21(19)22(20(6-2)17(3)4)16-18-12-8-7-9-13-18/h5-15,17,20H,1-2,16H2,3-4H3. The summed E-state index contributed by atoms with van der Waals surface area (Å²) in [6, 6.07) is 19.3. The lowest BCUT2D eigenvalue weighted by atomic mass is 9.99. The molecule has 0 amide bonds. The molecule has 0 spiro atoms. The molecule has 0 heterocycles. The highest BCUT2D eigenvalue weighted by atomic mass is 15.2. The van der Waals surface area contributed by atoms with Crippen molar-refractivity contribution in [3.05, 3.63) is 85.0 Å². The molecule has 0 aliphatic rings. The van der Waals surface area contributed by atoms with Crippen LogP contribution in [0.15, 0.2) is 73.8 Å². The molecular formula is C21H25N. The van der Waals surface area contributed by atoms with E-state index in [0.29, 0.717) is 5.92 Å². The Morgan fingerprint density at radius 2 is 1.59 bits per heavy atom. The van der Waals surface area contributed by atoms with Gasteiger partial charge in [0.1, 0.15) is 0 Å². The Balaban J connectivity index is 2.45. The summed E-state index contributed by atoms with van der Waals surface area (Å²) in [5.41, 5.74) is 3.67. The maximum atomic E-state index is 4.06. The molecular weight excluding hydrogens is 266 g/mol. The molecule has 0 aliphatic heterocycles. The van der Waals surface area contributed by atoms with Gasteiger partial charge in [0.05, 0.1) is 0 Å². The molecule has 0 N–H and O–H groups in total. The zero-order valence-electron chi connectivity index (χ0n) is 13.6. The van der Waals surface area contributed by atoms with Crippen molar-refractivity contribution in [3.63, 3.8) is 0 Å². The van der Waals surface area contributed by atoms with E-state index < -0.39 is 0 Å². The van der Waals surface area contributed by atoms with Crippen molar-refractivity contribution < 1.29 is 0 Å². The van der Waals surface area contributed by atoms with Crippen LogP contribution >= 0.6 is 0 Å². The van der Waals surface area contributed by atoms with E-state index in [4.69, 9.17) is 0 Å². The summed E-state index contributed by atoms with van der Waals surface area (Å²) < 4.78 is 0. The summed E-state index contributed by atoms with van der Waals surface area (Å²) >= 11 is 0. The van der Waals surface area contributed by atoms with Crippen LogP contribution in [0.3, 0.4) is 0 Å². The average Bonchev–Trinajstić information content (AvgIpc) is 2.55. The molecule has 0 bridgehead atoms. The lowest BCUT2D eigenvalue weighted by Gasteiger charge is -2.35. The van der Waals surface area contributed by atoms with Crippen LogP contribution in [0.2, 0.25) is 0 Å². The maximum absolute atomic E-state index is 4.06. The van der Waals surface area contributed by atoms with Gasteiger partial charge in [-0.3, -0.25) is 0 Å². The first-order chi connectivity index (χ1) is 10.7. The van der Waals surface area contributed by atoms with Gasteiger partial charge < -0.3 is 4.90 Å². The van der Waals surface area contributed by atoms with Crippen LogP contribution in [0.4, 0.5) is 5.69 Å². The molecule has 1 atom stereocenters. The van der Waals surface area contributed by atoms with Crippen molar-refractivity contribution in [1.29, 1.82) is 0 Å². The van der Waals surface area contributed by atoms with Crippen LogP contribution in [-0.2, 0) is 6.54 Å². The van der Waals surface area contributed by atoms with E-state index in [-0.39, 0.29) is 6.04 Å². The predicted octanol–water partition coefficient (Wildman–Crippen LogP) is 5.55. The van der Waals surface area contributed by atoms with Gasteiger partial charge in [-0.1, -0.05) is 81.1 Å². The Bertz CT molecular complexity index is 613. The number of anilines is 1. The minimum atomic E-state index is 0.279. The molecule has 0 aliphatic carbocycles. The highest BCUT2D eigenvalue weighted by Gasteiger charge is 2.21. The molecule has 114 valence electrons. The van der Waals surface area contributed by atoms with E-state index in [2.05, 4.69) is 86.5 Å². The molecule has 1 heteroatoms. The second-order valence-electron chi connectivity index (χ2n) is 5.85. The minimum Gasteiger partial charge on any atom is -0.360 e. The number of hydrogen-bond donors (Lipinski definition) is 0. The van der Waals surface area contributed by atoms with Gasteiger partial charge >= 0.3 is 0 Å². The van der Waals surface area contributed by atoms with Crippen LogP contribution in [0, 0.1) is 5.92 Å². The predicted molar refractivity (Wildman–Crippen MR) is 98.0 cm³/mol. The molecule has 0 aromatic heterocycles. The highest BCUT2D eigenvalue weighted by Crippen LogP contribution is 2.28. The van der Waals surface area contributed by atoms with Crippen molar-refractivity contribution in [3.8, 4) is 0 Å². The molecule has 22 heavy (non-hydrogen) atoms. The molecule has 2 aromatic rings. The Morgan fingerprint density at radius 1 is 0.955 bits per heavy atom. The van der Waals surface area contributed by atoms with Gasteiger partial charge in [-0.25, -0.2) is 0 Å². The number of para-hydroxylation sites is 1. The highest BCUT2D eigenvalue weighted by molar-refractivity contribution is 5.67. The number of benzene rings is 2. The van der Waals surface area contributed by atoms with E-state index in [9.17, 15) is 0 Å². The molecule has 1 nitrogen and oxygen atoms in total. The van der Waals surface area contributed by atoms with Crippen molar-refractivity contribution >= 4 is 11.8 Å². The second-order valence-corrected chi connectivity index (χ2v) is 5.85. The molecule has 2 aromatic carbocycles. The zero-order valence-corrected chi connectivity index (χ0v) is 13.6. The van der Waals surface area contributed by atoms with E-state index in [1.165, 1.54) is 11.3 Å². The van der Waals surface area contributed by atoms with Crippen LogP contribution in [0.25, 0.3) is 6.08 Å². The Morgan fingerprint density at radius 3 is 2.18 bits per heavy atom. The fourth-order valence-electron chi connectivity index (χ4n) is 2.81. The normalized spacial score (nSPS) is 12.0. The smallest absolute Gasteiger partial charge is 0.0497 e. The first-order valence-electron chi connectivity index (χ1n) is 7.82. The van der Waals surface area contributed by atoms with Crippen LogP contribution in [-0.4, -0.2) is 6.04 Å². The van der Waals surface area contributed by atoms with Crippen molar-refractivity contribution in [1.82, 2.24) is 0 Å².